The van der Waals surface area contributed by atoms with E-state index in [4.69, 9.17) is 0 Å². The summed E-state index contributed by atoms with van der Waals surface area (Å²) in [4.78, 5) is 23.8. The van der Waals surface area contributed by atoms with Crippen molar-refractivity contribution in [3.63, 3.8) is 0 Å². The van der Waals surface area contributed by atoms with Crippen LogP contribution in [-0.2, 0) is 11.2 Å². The van der Waals surface area contributed by atoms with Crippen molar-refractivity contribution in [3.8, 4) is 11.1 Å². The summed E-state index contributed by atoms with van der Waals surface area (Å²) in [7, 11) is 0. The molecule has 0 bridgehead atoms. The fraction of sp³-hybridized carbons (Fsp3) is 0.0769. The number of hydrogen-bond donors (Lipinski definition) is 1. The molecule has 0 saturated carbocycles. The number of rotatable bonds is 6. The number of benzene rings is 4. The Labute approximate surface area is 178 Å². The van der Waals surface area contributed by atoms with Crippen molar-refractivity contribution < 1.29 is 18.4 Å². The highest BCUT2D eigenvalue weighted by atomic mass is 19.1. The maximum absolute atomic E-state index is 14.4. The number of carbonyl (C=O) groups is 2. The van der Waals surface area contributed by atoms with Gasteiger partial charge in [-0.05, 0) is 58.7 Å². The third-order valence-corrected chi connectivity index (χ3v) is 5.12. The second-order valence-electron chi connectivity index (χ2n) is 7.20. The maximum atomic E-state index is 14.4. The van der Waals surface area contributed by atoms with Crippen LogP contribution in [-0.4, -0.2) is 12.2 Å². The van der Waals surface area contributed by atoms with Crippen LogP contribution in [0.4, 0.5) is 14.5 Å². The molecule has 0 aliphatic carbocycles. The summed E-state index contributed by atoms with van der Waals surface area (Å²) in [6.45, 7) is 0. The molecule has 0 atom stereocenters. The molecular weight excluding hydrogens is 396 g/mol. The minimum Gasteiger partial charge on any atom is -0.319 e. The lowest BCUT2D eigenvalue weighted by molar-refractivity contribution is -0.107. The van der Waals surface area contributed by atoms with Crippen LogP contribution >= 0.6 is 0 Å². The molecule has 0 aromatic heterocycles. The standard InChI is InChI=1S/C26H19F2NO2/c27-23-10-4-3-9-21(23)19-15-18-7-1-2-8-20(18)22(16-19)26(31)29-25-14-17(6-5-13-30)11-12-24(25)28/h1-4,7-16H,5-6H2,(H,29,31). The quantitative estimate of drug-likeness (QED) is 0.383. The summed E-state index contributed by atoms with van der Waals surface area (Å²) in [5.74, 6) is -1.46. The molecule has 31 heavy (non-hydrogen) atoms. The van der Waals surface area contributed by atoms with Gasteiger partial charge >= 0.3 is 0 Å². The number of nitrogens with one attached hydrogen (secondary N) is 1. The molecule has 1 N–H and O–H groups in total. The Morgan fingerprint density at radius 3 is 2.45 bits per heavy atom. The number of aryl methyl sites for hydroxylation is 1. The average Bonchev–Trinajstić information content (AvgIpc) is 2.79. The van der Waals surface area contributed by atoms with Crippen molar-refractivity contribution >= 4 is 28.7 Å². The summed E-state index contributed by atoms with van der Waals surface area (Å²) in [5.41, 5.74) is 2.03. The minimum atomic E-state index is -0.572. The first-order valence-electron chi connectivity index (χ1n) is 9.88. The summed E-state index contributed by atoms with van der Waals surface area (Å²) in [5, 5.41) is 4.08. The molecule has 0 aliphatic rings. The SMILES string of the molecule is O=CCCc1ccc(F)c(NC(=O)c2cc(-c3ccccc3F)cc3ccccc23)c1. The van der Waals surface area contributed by atoms with Crippen LogP contribution in [0.25, 0.3) is 21.9 Å². The minimum absolute atomic E-state index is 0.0359. The van der Waals surface area contributed by atoms with E-state index in [0.29, 0.717) is 34.9 Å². The van der Waals surface area contributed by atoms with Gasteiger partial charge in [0.15, 0.2) is 0 Å². The highest BCUT2D eigenvalue weighted by Crippen LogP contribution is 2.30. The molecule has 5 heteroatoms. The molecule has 0 unspecified atom stereocenters. The van der Waals surface area contributed by atoms with Crippen LogP contribution in [0.1, 0.15) is 22.3 Å². The second-order valence-corrected chi connectivity index (χ2v) is 7.20. The zero-order chi connectivity index (χ0) is 21.8. The second kappa shape index (κ2) is 8.88. The first kappa shape index (κ1) is 20.4. The van der Waals surface area contributed by atoms with Gasteiger partial charge < -0.3 is 10.1 Å². The predicted molar refractivity (Wildman–Crippen MR) is 118 cm³/mol. The van der Waals surface area contributed by atoms with E-state index < -0.39 is 17.5 Å². The summed E-state index contributed by atoms with van der Waals surface area (Å²) >= 11 is 0. The summed E-state index contributed by atoms with van der Waals surface area (Å²) in [6.07, 6.45) is 1.56. The van der Waals surface area contributed by atoms with Crippen LogP contribution in [0.3, 0.4) is 0 Å². The lowest BCUT2D eigenvalue weighted by Gasteiger charge is -2.13. The van der Waals surface area contributed by atoms with Crippen LogP contribution in [0.2, 0.25) is 0 Å². The van der Waals surface area contributed by atoms with Crippen molar-refractivity contribution in [3.05, 3.63) is 102 Å². The third-order valence-electron chi connectivity index (χ3n) is 5.12. The molecule has 4 rings (SSSR count). The molecule has 1 amide bonds. The van der Waals surface area contributed by atoms with E-state index in [0.717, 1.165) is 17.2 Å². The lowest BCUT2D eigenvalue weighted by Crippen LogP contribution is -2.14. The Kier molecular flexibility index (Phi) is 5.85. The van der Waals surface area contributed by atoms with Gasteiger partial charge in [-0.2, -0.15) is 0 Å². The first-order chi connectivity index (χ1) is 15.1. The largest absolute Gasteiger partial charge is 0.319 e. The van der Waals surface area contributed by atoms with Gasteiger partial charge in [0.2, 0.25) is 0 Å². The van der Waals surface area contributed by atoms with Crippen LogP contribution < -0.4 is 5.32 Å². The van der Waals surface area contributed by atoms with Gasteiger partial charge in [-0.25, -0.2) is 8.78 Å². The van der Waals surface area contributed by atoms with E-state index in [-0.39, 0.29) is 5.69 Å². The number of fused-ring (bicyclic) bond motifs is 1. The Balaban J connectivity index is 1.76. The molecule has 3 nitrogen and oxygen atoms in total. The van der Waals surface area contributed by atoms with Crippen molar-refractivity contribution in [2.45, 2.75) is 12.8 Å². The molecule has 0 radical (unpaired) electrons. The Morgan fingerprint density at radius 1 is 0.871 bits per heavy atom. The maximum Gasteiger partial charge on any atom is 0.256 e. The normalized spacial score (nSPS) is 10.8. The molecule has 0 fully saturated rings. The Morgan fingerprint density at radius 2 is 1.65 bits per heavy atom. The molecular formula is C26H19F2NO2. The van der Waals surface area contributed by atoms with Crippen LogP contribution in [0.5, 0.6) is 0 Å². The highest BCUT2D eigenvalue weighted by molar-refractivity contribution is 6.14. The highest BCUT2D eigenvalue weighted by Gasteiger charge is 2.16. The lowest BCUT2D eigenvalue weighted by atomic mass is 9.96. The molecule has 0 heterocycles. The third kappa shape index (κ3) is 4.36. The molecule has 4 aromatic carbocycles. The number of hydrogen-bond acceptors (Lipinski definition) is 2. The van der Waals surface area contributed by atoms with Crippen molar-refractivity contribution in [1.82, 2.24) is 0 Å². The number of amides is 1. The van der Waals surface area contributed by atoms with E-state index in [1.807, 2.05) is 24.3 Å². The van der Waals surface area contributed by atoms with Crippen molar-refractivity contribution in [2.75, 3.05) is 5.32 Å². The zero-order valence-electron chi connectivity index (χ0n) is 16.6. The number of anilines is 1. The van der Waals surface area contributed by atoms with Crippen LogP contribution in [0.15, 0.2) is 78.9 Å². The van der Waals surface area contributed by atoms with Gasteiger partial charge in [-0.1, -0.05) is 48.5 Å². The van der Waals surface area contributed by atoms with E-state index >= 15 is 0 Å². The van der Waals surface area contributed by atoms with Gasteiger partial charge in [-0.3, -0.25) is 4.79 Å². The topological polar surface area (TPSA) is 46.2 Å². The Bertz CT molecular complexity index is 1280. The fourth-order valence-electron chi connectivity index (χ4n) is 3.59. The van der Waals surface area contributed by atoms with E-state index in [1.54, 1.807) is 36.4 Å². The molecule has 154 valence electrons. The van der Waals surface area contributed by atoms with Crippen molar-refractivity contribution in [1.29, 1.82) is 0 Å². The van der Waals surface area contributed by atoms with E-state index in [2.05, 4.69) is 5.32 Å². The first-order valence-corrected chi connectivity index (χ1v) is 9.88. The van der Waals surface area contributed by atoms with Gasteiger partial charge in [0.25, 0.3) is 5.91 Å². The van der Waals surface area contributed by atoms with Gasteiger partial charge in [0.1, 0.15) is 17.9 Å². The smallest absolute Gasteiger partial charge is 0.256 e. The monoisotopic (exact) mass is 415 g/mol. The predicted octanol–water partition coefficient (Wildman–Crippen LogP) is 6.17. The van der Waals surface area contributed by atoms with E-state index in [9.17, 15) is 18.4 Å². The average molecular weight is 415 g/mol. The molecule has 0 aliphatic heterocycles. The number of halogens is 2. The number of carbonyl (C=O) groups excluding carboxylic acids is 2. The van der Waals surface area contributed by atoms with Crippen LogP contribution in [0, 0.1) is 11.6 Å². The fourth-order valence-corrected chi connectivity index (χ4v) is 3.59. The van der Waals surface area contributed by atoms with Gasteiger partial charge in [0, 0.05) is 17.5 Å². The summed E-state index contributed by atoms with van der Waals surface area (Å²) < 4.78 is 28.7. The molecule has 0 spiro atoms. The molecule has 0 saturated heterocycles. The van der Waals surface area contributed by atoms with E-state index in [1.165, 1.54) is 18.2 Å². The zero-order valence-corrected chi connectivity index (χ0v) is 16.6. The van der Waals surface area contributed by atoms with Gasteiger partial charge in [0.05, 0.1) is 5.69 Å². The van der Waals surface area contributed by atoms with Crippen molar-refractivity contribution in [2.24, 2.45) is 0 Å². The summed E-state index contributed by atoms with van der Waals surface area (Å²) in [6, 6.07) is 21.5. The molecule has 4 aromatic rings. The number of aldehydes is 1. The Hall–Kier alpha value is -3.86. The van der Waals surface area contributed by atoms with Gasteiger partial charge in [-0.15, -0.1) is 0 Å².